The molecule has 6 heteroatoms. The van der Waals surface area contributed by atoms with E-state index in [1.807, 2.05) is 30.3 Å². The molecular weight excluding hydrogens is 284 g/mol. The van der Waals surface area contributed by atoms with E-state index >= 15 is 0 Å². The first-order valence-electron chi connectivity index (χ1n) is 7.05. The van der Waals surface area contributed by atoms with Crippen molar-refractivity contribution in [1.29, 1.82) is 0 Å². The van der Waals surface area contributed by atoms with Crippen LogP contribution in [0.1, 0.15) is 32.7 Å². The molecule has 21 heavy (non-hydrogen) atoms. The summed E-state index contributed by atoms with van der Waals surface area (Å²) in [6.45, 7) is 4.28. The van der Waals surface area contributed by atoms with Crippen molar-refractivity contribution in [2.24, 2.45) is 5.73 Å². The van der Waals surface area contributed by atoms with Crippen molar-refractivity contribution in [1.82, 2.24) is 14.8 Å². The minimum absolute atomic E-state index is 0.291. The average molecular weight is 304 g/mol. The van der Waals surface area contributed by atoms with Gasteiger partial charge in [-0.25, -0.2) is 0 Å². The van der Waals surface area contributed by atoms with Gasteiger partial charge < -0.3 is 5.73 Å². The van der Waals surface area contributed by atoms with Crippen LogP contribution < -0.4 is 5.73 Å². The van der Waals surface area contributed by atoms with Crippen LogP contribution in [0.2, 0.25) is 0 Å². The summed E-state index contributed by atoms with van der Waals surface area (Å²) in [6.07, 6.45) is 1.33. The smallest absolute Gasteiger partial charge is 0.218 e. The highest BCUT2D eigenvalue weighted by atomic mass is 32.2. The Kier molecular flexibility index (Phi) is 5.38. The van der Waals surface area contributed by atoms with Crippen molar-refractivity contribution in [3.05, 3.63) is 30.3 Å². The van der Waals surface area contributed by atoms with Crippen LogP contribution in [-0.2, 0) is 4.79 Å². The molecule has 2 aromatic rings. The summed E-state index contributed by atoms with van der Waals surface area (Å²) in [5.41, 5.74) is 6.23. The Bertz CT molecular complexity index is 597. The average Bonchev–Trinajstić information content (AvgIpc) is 2.91. The SMILES string of the molecule is CCC(C)n1c(SCCC(N)=O)nnc1-c1ccccc1. The van der Waals surface area contributed by atoms with Crippen molar-refractivity contribution in [3.63, 3.8) is 0 Å². The molecule has 0 aliphatic heterocycles. The number of benzene rings is 1. The minimum atomic E-state index is -0.291. The number of amides is 1. The van der Waals surface area contributed by atoms with Gasteiger partial charge >= 0.3 is 0 Å². The number of thioether (sulfide) groups is 1. The summed E-state index contributed by atoms with van der Waals surface area (Å²) in [5, 5.41) is 9.45. The molecule has 0 saturated carbocycles. The number of carbonyl (C=O) groups excluding carboxylic acids is 1. The molecule has 0 aliphatic rings. The fourth-order valence-corrected chi connectivity index (χ4v) is 2.97. The first kappa shape index (κ1) is 15.6. The largest absolute Gasteiger partial charge is 0.370 e. The van der Waals surface area contributed by atoms with Gasteiger partial charge in [-0.3, -0.25) is 9.36 Å². The Morgan fingerprint density at radius 3 is 2.67 bits per heavy atom. The highest BCUT2D eigenvalue weighted by molar-refractivity contribution is 7.99. The summed E-state index contributed by atoms with van der Waals surface area (Å²) in [5.74, 6) is 1.20. The maximum absolute atomic E-state index is 10.9. The van der Waals surface area contributed by atoms with Crippen LogP contribution in [0, 0.1) is 0 Å². The number of nitrogens with two attached hydrogens (primary N) is 1. The van der Waals surface area contributed by atoms with E-state index in [-0.39, 0.29) is 5.91 Å². The monoisotopic (exact) mass is 304 g/mol. The molecule has 0 fully saturated rings. The van der Waals surface area contributed by atoms with Crippen LogP contribution >= 0.6 is 11.8 Å². The van der Waals surface area contributed by atoms with Crippen molar-refractivity contribution < 1.29 is 4.79 Å². The number of primary amides is 1. The Balaban J connectivity index is 2.29. The molecule has 0 aliphatic carbocycles. The molecule has 5 nitrogen and oxygen atoms in total. The summed E-state index contributed by atoms with van der Waals surface area (Å²) in [6, 6.07) is 10.3. The minimum Gasteiger partial charge on any atom is -0.370 e. The Labute approximate surface area is 128 Å². The number of nitrogens with zero attached hydrogens (tertiary/aromatic N) is 3. The molecule has 1 aromatic carbocycles. The normalized spacial score (nSPS) is 12.3. The van der Waals surface area contributed by atoms with Crippen LogP contribution in [0.3, 0.4) is 0 Å². The first-order valence-corrected chi connectivity index (χ1v) is 8.03. The van der Waals surface area contributed by atoms with Gasteiger partial charge in [0.05, 0.1) is 0 Å². The first-order chi connectivity index (χ1) is 10.1. The lowest BCUT2D eigenvalue weighted by Gasteiger charge is -2.16. The van der Waals surface area contributed by atoms with Crippen LogP contribution in [0.15, 0.2) is 35.5 Å². The molecule has 0 bridgehead atoms. The predicted molar refractivity (Wildman–Crippen MR) is 85.0 cm³/mol. The van der Waals surface area contributed by atoms with Gasteiger partial charge in [-0.05, 0) is 13.3 Å². The van der Waals surface area contributed by atoms with Gasteiger partial charge in [-0.1, -0.05) is 49.0 Å². The molecule has 1 heterocycles. The van der Waals surface area contributed by atoms with Gasteiger partial charge in [0, 0.05) is 23.8 Å². The summed E-state index contributed by atoms with van der Waals surface area (Å²) < 4.78 is 2.14. The topological polar surface area (TPSA) is 73.8 Å². The van der Waals surface area contributed by atoms with Crippen LogP contribution in [-0.4, -0.2) is 26.4 Å². The zero-order valence-corrected chi connectivity index (χ0v) is 13.1. The molecule has 1 unspecified atom stereocenters. The van der Waals surface area contributed by atoms with E-state index in [4.69, 9.17) is 5.73 Å². The molecule has 1 amide bonds. The second-order valence-corrected chi connectivity index (χ2v) is 5.93. The fraction of sp³-hybridized carbons (Fsp3) is 0.400. The lowest BCUT2D eigenvalue weighted by molar-refractivity contribution is -0.117. The van der Waals surface area contributed by atoms with E-state index in [0.29, 0.717) is 18.2 Å². The number of aromatic nitrogens is 3. The van der Waals surface area contributed by atoms with Gasteiger partial charge in [0.25, 0.3) is 0 Å². The van der Waals surface area contributed by atoms with Crippen molar-refractivity contribution in [2.75, 3.05) is 5.75 Å². The van der Waals surface area contributed by atoms with E-state index in [0.717, 1.165) is 23.0 Å². The van der Waals surface area contributed by atoms with Crippen LogP contribution in [0.5, 0.6) is 0 Å². The summed E-state index contributed by atoms with van der Waals surface area (Å²) in [4.78, 5) is 10.9. The molecule has 0 radical (unpaired) electrons. The second-order valence-electron chi connectivity index (χ2n) is 4.86. The zero-order chi connectivity index (χ0) is 15.2. The fourth-order valence-electron chi connectivity index (χ4n) is 1.98. The van der Waals surface area contributed by atoms with E-state index < -0.39 is 0 Å². The molecular formula is C15H20N4OS. The zero-order valence-electron chi connectivity index (χ0n) is 12.3. The van der Waals surface area contributed by atoms with Crippen LogP contribution in [0.25, 0.3) is 11.4 Å². The second kappa shape index (κ2) is 7.26. The van der Waals surface area contributed by atoms with E-state index in [1.54, 1.807) is 0 Å². The lowest BCUT2D eigenvalue weighted by Crippen LogP contribution is -2.12. The maximum atomic E-state index is 10.9. The highest BCUT2D eigenvalue weighted by Crippen LogP contribution is 2.29. The third-order valence-electron chi connectivity index (χ3n) is 3.31. The Morgan fingerprint density at radius 2 is 2.05 bits per heavy atom. The molecule has 1 atom stereocenters. The molecule has 2 rings (SSSR count). The number of rotatable bonds is 7. The highest BCUT2D eigenvalue weighted by Gasteiger charge is 2.18. The molecule has 112 valence electrons. The molecule has 2 N–H and O–H groups in total. The number of hydrogen-bond donors (Lipinski definition) is 1. The molecule has 1 aromatic heterocycles. The maximum Gasteiger partial charge on any atom is 0.218 e. The standard InChI is InChI=1S/C15H20N4OS/c1-3-11(2)19-14(12-7-5-4-6-8-12)17-18-15(19)21-10-9-13(16)20/h4-8,11H,3,9-10H2,1-2H3,(H2,16,20). The quantitative estimate of drug-likeness (QED) is 0.798. The lowest BCUT2D eigenvalue weighted by atomic mass is 10.2. The number of carbonyl (C=O) groups is 1. The van der Waals surface area contributed by atoms with Crippen molar-refractivity contribution in [2.45, 2.75) is 37.9 Å². The van der Waals surface area contributed by atoms with Gasteiger partial charge in [0.15, 0.2) is 11.0 Å². The van der Waals surface area contributed by atoms with E-state index in [2.05, 4.69) is 28.6 Å². The third kappa shape index (κ3) is 3.85. The van der Waals surface area contributed by atoms with Gasteiger partial charge in [0.2, 0.25) is 5.91 Å². The number of hydrogen-bond acceptors (Lipinski definition) is 4. The van der Waals surface area contributed by atoms with E-state index in [1.165, 1.54) is 11.8 Å². The van der Waals surface area contributed by atoms with E-state index in [9.17, 15) is 4.79 Å². The predicted octanol–water partition coefficient (Wildman–Crippen LogP) is 2.88. The Hall–Kier alpha value is -1.82. The van der Waals surface area contributed by atoms with Crippen molar-refractivity contribution >= 4 is 17.7 Å². The Morgan fingerprint density at radius 1 is 1.33 bits per heavy atom. The van der Waals surface area contributed by atoms with Crippen molar-refractivity contribution in [3.8, 4) is 11.4 Å². The van der Waals surface area contributed by atoms with Gasteiger partial charge in [0.1, 0.15) is 0 Å². The molecule has 0 spiro atoms. The third-order valence-corrected chi connectivity index (χ3v) is 4.25. The van der Waals surface area contributed by atoms with Crippen LogP contribution in [0.4, 0.5) is 0 Å². The van der Waals surface area contributed by atoms with Gasteiger partial charge in [-0.2, -0.15) is 0 Å². The summed E-state index contributed by atoms with van der Waals surface area (Å²) in [7, 11) is 0. The molecule has 0 saturated heterocycles. The van der Waals surface area contributed by atoms with Gasteiger partial charge in [-0.15, -0.1) is 10.2 Å². The summed E-state index contributed by atoms with van der Waals surface area (Å²) >= 11 is 1.52.